The first-order valence-corrected chi connectivity index (χ1v) is 11.0. The number of nitrogens with zero attached hydrogens (tertiary/aromatic N) is 4. The van der Waals surface area contributed by atoms with Gasteiger partial charge in [0.2, 0.25) is 0 Å². The number of anilines is 2. The number of unbranched alkanes of at least 4 members (excludes halogenated alkanes) is 1. The molecule has 3 rings (SSSR count). The second-order valence-corrected chi connectivity index (χ2v) is 8.52. The Morgan fingerprint density at radius 3 is 2.61 bits per heavy atom. The van der Waals surface area contributed by atoms with Gasteiger partial charge in [-0.2, -0.15) is 0 Å². The highest BCUT2D eigenvalue weighted by atomic mass is 79.9. The van der Waals surface area contributed by atoms with Crippen LogP contribution in [0.1, 0.15) is 76.7 Å². The van der Waals surface area contributed by atoms with E-state index < -0.39 is 0 Å². The van der Waals surface area contributed by atoms with E-state index in [4.69, 9.17) is 4.98 Å². The first kappa shape index (κ1) is 20.8. The van der Waals surface area contributed by atoms with Crippen LogP contribution in [0.3, 0.4) is 0 Å². The molecule has 0 aliphatic rings. The first-order valence-electron chi connectivity index (χ1n) is 10.2. The minimum absolute atomic E-state index is 0.421. The van der Waals surface area contributed by atoms with Crippen LogP contribution in [0.5, 0.6) is 0 Å². The summed E-state index contributed by atoms with van der Waals surface area (Å²) in [5.74, 6) is 1.99. The van der Waals surface area contributed by atoms with Crippen LogP contribution in [0.2, 0.25) is 0 Å². The van der Waals surface area contributed by atoms with E-state index in [1.54, 1.807) is 0 Å². The van der Waals surface area contributed by atoms with E-state index >= 15 is 0 Å². The standard InChI is InChI=1S/C22H30BrN5/c1-6-8-9-17(7-2)28-13-24-20-21(25-15(5)26-22(20)28)27-19-11-10-16(14(3)4)12-18(19)23/h10-14,17H,6-9H2,1-5H3,(H,25,26,27). The number of benzene rings is 1. The number of hydrogen-bond donors (Lipinski definition) is 1. The molecule has 2 heterocycles. The number of halogens is 1. The van der Waals surface area contributed by atoms with E-state index in [-0.39, 0.29) is 0 Å². The molecule has 0 radical (unpaired) electrons. The number of imidazole rings is 1. The Labute approximate surface area is 176 Å². The summed E-state index contributed by atoms with van der Waals surface area (Å²) in [6, 6.07) is 6.83. The van der Waals surface area contributed by atoms with Crippen molar-refractivity contribution in [2.45, 2.75) is 72.3 Å². The molecule has 1 N–H and O–H groups in total. The topological polar surface area (TPSA) is 55.6 Å². The maximum atomic E-state index is 4.71. The number of rotatable bonds is 8. The van der Waals surface area contributed by atoms with Crippen LogP contribution < -0.4 is 5.32 Å². The van der Waals surface area contributed by atoms with Gasteiger partial charge in [0.05, 0.1) is 12.0 Å². The fourth-order valence-corrected chi connectivity index (χ4v) is 3.97. The largest absolute Gasteiger partial charge is 0.337 e. The molecule has 0 saturated heterocycles. The zero-order valence-corrected chi connectivity index (χ0v) is 19.0. The minimum Gasteiger partial charge on any atom is -0.337 e. The lowest BCUT2D eigenvalue weighted by Gasteiger charge is -2.17. The fourth-order valence-electron chi connectivity index (χ4n) is 3.48. The van der Waals surface area contributed by atoms with Crippen molar-refractivity contribution in [2.75, 3.05) is 5.32 Å². The fraction of sp³-hybridized carbons (Fsp3) is 0.500. The number of fused-ring (bicyclic) bond motifs is 1. The third-order valence-electron chi connectivity index (χ3n) is 5.20. The molecule has 1 atom stereocenters. The Hall–Kier alpha value is -1.95. The number of nitrogens with one attached hydrogen (secondary N) is 1. The van der Waals surface area contributed by atoms with Crippen molar-refractivity contribution in [3.8, 4) is 0 Å². The van der Waals surface area contributed by atoms with Crippen LogP contribution in [0.15, 0.2) is 29.0 Å². The molecule has 6 heteroatoms. The molecular weight excluding hydrogens is 414 g/mol. The second kappa shape index (κ2) is 9.03. The highest BCUT2D eigenvalue weighted by Gasteiger charge is 2.17. The molecule has 1 aromatic carbocycles. The highest BCUT2D eigenvalue weighted by molar-refractivity contribution is 9.10. The third-order valence-corrected chi connectivity index (χ3v) is 5.86. The van der Waals surface area contributed by atoms with Gasteiger partial charge in [-0.25, -0.2) is 15.0 Å². The summed E-state index contributed by atoms with van der Waals surface area (Å²) in [6.45, 7) is 10.8. The van der Waals surface area contributed by atoms with E-state index in [9.17, 15) is 0 Å². The second-order valence-electron chi connectivity index (χ2n) is 7.67. The Kier molecular flexibility index (Phi) is 6.70. The van der Waals surface area contributed by atoms with E-state index in [0.29, 0.717) is 12.0 Å². The summed E-state index contributed by atoms with van der Waals surface area (Å²) >= 11 is 3.69. The van der Waals surface area contributed by atoms with Crippen molar-refractivity contribution in [3.05, 3.63) is 40.4 Å². The summed E-state index contributed by atoms with van der Waals surface area (Å²) in [4.78, 5) is 14.0. The minimum atomic E-state index is 0.421. The van der Waals surface area contributed by atoms with Crippen LogP contribution in [-0.2, 0) is 0 Å². The number of aromatic nitrogens is 4. The van der Waals surface area contributed by atoms with Crippen LogP contribution in [0, 0.1) is 6.92 Å². The molecule has 0 aliphatic carbocycles. The number of aryl methyl sites for hydroxylation is 1. The Morgan fingerprint density at radius 2 is 1.96 bits per heavy atom. The van der Waals surface area contributed by atoms with Gasteiger partial charge in [0.15, 0.2) is 17.0 Å². The molecule has 0 aliphatic heterocycles. The highest BCUT2D eigenvalue weighted by Crippen LogP contribution is 2.32. The van der Waals surface area contributed by atoms with E-state index in [1.165, 1.54) is 18.4 Å². The van der Waals surface area contributed by atoms with Crippen molar-refractivity contribution in [2.24, 2.45) is 0 Å². The summed E-state index contributed by atoms with van der Waals surface area (Å²) in [7, 11) is 0. The number of hydrogen-bond acceptors (Lipinski definition) is 4. The van der Waals surface area contributed by atoms with Gasteiger partial charge in [-0.05, 0) is 59.3 Å². The van der Waals surface area contributed by atoms with E-state index in [1.807, 2.05) is 13.3 Å². The molecule has 3 aromatic rings. The normalized spacial score (nSPS) is 12.7. The Bertz CT molecular complexity index is 947. The maximum absolute atomic E-state index is 4.71. The molecule has 5 nitrogen and oxygen atoms in total. The van der Waals surface area contributed by atoms with Crippen LogP contribution in [0.25, 0.3) is 11.2 Å². The Morgan fingerprint density at radius 1 is 1.18 bits per heavy atom. The maximum Gasteiger partial charge on any atom is 0.166 e. The molecule has 150 valence electrons. The molecule has 0 spiro atoms. The Balaban J connectivity index is 1.98. The third kappa shape index (κ3) is 4.37. The molecule has 0 amide bonds. The summed E-state index contributed by atoms with van der Waals surface area (Å²) in [5, 5.41) is 3.46. The predicted molar refractivity (Wildman–Crippen MR) is 120 cm³/mol. The lowest BCUT2D eigenvalue weighted by atomic mass is 10.0. The SMILES string of the molecule is CCCCC(CC)n1cnc2c(Nc3ccc(C(C)C)cc3Br)nc(C)nc21. The van der Waals surface area contributed by atoms with Gasteiger partial charge < -0.3 is 9.88 Å². The van der Waals surface area contributed by atoms with Crippen LogP contribution >= 0.6 is 15.9 Å². The first-order chi connectivity index (χ1) is 13.4. The predicted octanol–water partition coefficient (Wildman–Crippen LogP) is 6.91. The average molecular weight is 444 g/mol. The van der Waals surface area contributed by atoms with Crippen LogP contribution in [0.4, 0.5) is 11.5 Å². The molecule has 28 heavy (non-hydrogen) atoms. The summed E-state index contributed by atoms with van der Waals surface area (Å²) < 4.78 is 3.25. The average Bonchev–Trinajstić information content (AvgIpc) is 3.07. The van der Waals surface area contributed by atoms with Gasteiger partial charge in [0, 0.05) is 10.5 Å². The van der Waals surface area contributed by atoms with E-state index in [2.05, 4.69) is 81.7 Å². The van der Waals surface area contributed by atoms with Crippen molar-refractivity contribution in [1.29, 1.82) is 0 Å². The molecule has 1 unspecified atom stereocenters. The molecule has 0 fully saturated rings. The van der Waals surface area contributed by atoms with Gasteiger partial charge in [-0.1, -0.05) is 46.6 Å². The van der Waals surface area contributed by atoms with Gasteiger partial charge in [0.1, 0.15) is 5.82 Å². The monoisotopic (exact) mass is 443 g/mol. The van der Waals surface area contributed by atoms with Crippen molar-refractivity contribution in [1.82, 2.24) is 19.5 Å². The lowest BCUT2D eigenvalue weighted by Crippen LogP contribution is -2.09. The summed E-state index contributed by atoms with van der Waals surface area (Å²) in [6.07, 6.45) is 6.55. The quantitative estimate of drug-likeness (QED) is 0.410. The molecular formula is C22H30BrN5. The van der Waals surface area contributed by atoms with Gasteiger partial charge in [-0.3, -0.25) is 0 Å². The van der Waals surface area contributed by atoms with Crippen molar-refractivity contribution >= 4 is 38.6 Å². The van der Waals surface area contributed by atoms with Crippen molar-refractivity contribution < 1.29 is 0 Å². The van der Waals surface area contributed by atoms with Crippen LogP contribution in [-0.4, -0.2) is 19.5 Å². The molecule has 0 bridgehead atoms. The van der Waals surface area contributed by atoms with Gasteiger partial charge in [-0.15, -0.1) is 0 Å². The van der Waals surface area contributed by atoms with Gasteiger partial charge in [0.25, 0.3) is 0 Å². The smallest absolute Gasteiger partial charge is 0.166 e. The molecule has 2 aromatic heterocycles. The van der Waals surface area contributed by atoms with E-state index in [0.717, 1.165) is 45.8 Å². The van der Waals surface area contributed by atoms with Gasteiger partial charge >= 0.3 is 0 Å². The zero-order valence-electron chi connectivity index (χ0n) is 17.5. The lowest BCUT2D eigenvalue weighted by molar-refractivity contribution is 0.444. The molecule has 0 saturated carbocycles. The zero-order chi connectivity index (χ0) is 20.3. The van der Waals surface area contributed by atoms with Crippen molar-refractivity contribution in [3.63, 3.8) is 0 Å². The summed E-state index contributed by atoms with van der Waals surface area (Å²) in [5.41, 5.74) is 4.01.